The predicted molar refractivity (Wildman–Crippen MR) is 95.2 cm³/mol. The number of tetrazole rings is 1. The molecule has 0 unspecified atom stereocenters. The van der Waals surface area contributed by atoms with Gasteiger partial charge in [-0.1, -0.05) is 17.7 Å². The normalized spacial score (nSPS) is 11.0. The SMILES string of the molecule is Cc1ccc(NC(=O)c2cc3cc(Cl)ccc3[nH]2)cc1-n1cnnn1. The molecule has 7 nitrogen and oxygen atoms in total. The average Bonchev–Trinajstić information content (AvgIpc) is 3.25. The Bertz CT molecular complexity index is 1070. The van der Waals surface area contributed by atoms with Crippen molar-refractivity contribution >= 4 is 34.1 Å². The Labute approximate surface area is 147 Å². The lowest BCUT2D eigenvalue weighted by Gasteiger charge is -2.09. The number of aromatic amines is 1. The molecular weight excluding hydrogens is 340 g/mol. The van der Waals surface area contributed by atoms with E-state index in [1.807, 2.05) is 37.3 Å². The van der Waals surface area contributed by atoms with Crippen LogP contribution < -0.4 is 5.32 Å². The van der Waals surface area contributed by atoms with E-state index < -0.39 is 0 Å². The molecule has 4 aromatic rings. The molecule has 124 valence electrons. The number of nitrogens with zero attached hydrogens (tertiary/aromatic N) is 4. The summed E-state index contributed by atoms with van der Waals surface area (Å²) in [6.07, 6.45) is 1.51. The fourth-order valence-corrected chi connectivity index (χ4v) is 2.81. The van der Waals surface area contributed by atoms with E-state index in [0.717, 1.165) is 22.2 Å². The zero-order valence-electron chi connectivity index (χ0n) is 13.2. The monoisotopic (exact) mass is 352 g/mol. The van der Waals surface area contributed by atoms with Crippen LogP contribution in [0.1, 0.15) is 16.1 Å². The molecule has 2 N–H and O–H groups in total. The number of halogens is 1. The molecular formula is C17H13ClN6O. The van der Waals surface area contributed by atoms with Gasteiger partial charge in [0.25, 0.3) is 5.91 Å². The molecule has 0 saturated carbocycles. The van der Waals surface area contributed by atoms with Crippen LogP contribution in [0.25, 0.3) is 16.6 Å². The molecule has 0 aliphatic rings. The first-order valence-corrected chi connectivity index (χ1v) is 7.91. The van der Waals surface area contributed by atoms with Gasteiger partial charge in [0.2, 0.25) is 0 Å². The van der Waals surface area contributed by atoms with E-state index in [-0.39, 0.29) is 5.91 Å². The highest BCUT2D eigenvalue weighted by Gasteiger charge is 2.12. The van der Waals surface area contributed by atoms with Crippen molar-refractivity contribution in [2.45, 2.75) is 6.92 Å². The number of carbonyl (C=O) groups is 1. The van der Waals surface area contributed by atoms with Crippen LogP contribution in [0.4, 0.5) is 5.69 Å². The van der Waals surface area contributed by atoms with Gasteiger partial charge >= 0.3 is 0 Å². The molecule has 2 aromatic carbocycles. The summed E-state index contributed by atoms with van der Waals surface area (Å²) in [7, 11) is 0. The molecule has 8 heteroatoms. The zero-order chi connectivity index (χ0) is 17.4. The smallest absolute Gasteiger partial charge is 0.272 e. The molecule has 0 bridgehead atoms. The summed E-state index contributed by atoms with van der Waals surface area (Å²) in [4.78, 5) is 15.6. The summed E-state index contributed by atoms with van der Waals surface area (Å²) in [5, 5.41) is 15.6. The van der Waals surface area contributed by atoms with Crippen LogP contribution in [0, 0.1) is 6.92 Å². The Morgan fingerprint density at radius 3 is 2.88 bits per heavy atom. The molecule has 0 saturated heterocycles. The van der Waals surface area contributed by atoms with E-state index in [1.54, 1.807) is 16.8 Å². The maximum atomic E-state index is 12.5. The number of aryl methyl sites for hydroxylation is 1. The molecule has 0 radical (unpaired) electrons. The molecule has 0 aliphatic heterocycles. The van der Waals surface area contributed by atoms with Crippen LogP contribution in [0.3, 0.4) is 0 Å². The minimum absolute atomic E-state index is 0.237. The molecule has 1 amide bonds. The maximum Gasteiger partial charge on any atom is 0.272 e. The van der Waals surface area contributed by atoms with Gasteiger partial charge in [-0.15, -0.1) is 5.10 Å². The summed E-state index contributed by atoms with van der Waals surface area (Å²) in [6, 6.07) is 12.8. The Morgan fingerprint density at radius 1 is 1.20 bits per heavy atom. The third-order valence-electron chi connectivity index (χ3n) is 3.89. The predicted octanol–water partition coefficient (Wildman–Crippen LogP) is 3.36. The highest BCUT2D eigenvalue weighted by Crippen LogP contribution is 2.22. The van der Waals surface area contributed by atoms with Gasteiger partial charge in [0.1, 0.15) is 12.0 Å². The zero-order valence-corrected chi connectivity index (χ0v) is 13.9. The van der Waals surface area contributed by atoms with Crippen molar-refractivity contribution in [3.8, 4) is 5.69 Å². The molecule has 25 heavy (non-hydrogen) atoms. The van der Waals surface area contributed by atoms with Crippen LogP contribution >= 0.6 is 11.6 Å². The number of benzene rings is 2. The van der Waals surface area contributed by atoms with E-state index in [1.165, 1.54) is 6.33 Å². The topological polar surface area (TPSA) is 88.5 Å². The second-order valence-electron chi connectivity index (χ2n) is 5.62. The number of hydrogen-bond donors (Lipinski definition) is 2. The van der Waals surface area contributed by atoms with Crippen molar-refractivity contribution < 1.29 is 4.79 Å². The van der Waals surface area contributed by atoms with Crippen LogP contribution in [0.5, 0.6) is 0 Å². The van der Waals surface area contributed by atoms with Gasteiger partial charge in [0, 0.05) is 21.6 Å². The van der Waals surface area contributed by atoms with E-state index in [2.05, 4.69) is 25.8 Å². The highest BCUT2D eigenvalue weighted by atomic mass is 35.5. The van der Waals surface area contributed by atoms with Crippen LogP contribution in [-0.2, 0) is 0 Å². The molecule has 4 rings (SSSR count). The molecule has 2 heterocycles. The van der Waals surface area contributed by atoms with E-state index in [0.29, 0.717) is 16.4 Å². The lowest BCUT2D eigenvalue weighted by molar-refractivity contribution is 0.102. The van der Waals surface area contributed by atoms with E-state index >= 15 is 0 Å². The van der Waals surface area contributed by atoms with E-state index in [4.69, 9.17) is 11.6 Å². The van der Waals surface area contributed by atoms with Crippen molar-refractivity contribution in [2.24, 2.45) is 0 Å². The summed E-state index contributed by atoms with van der Waals surface area (Å²) >= 11 is 5.99. The molecule has 0 spiro atoms. The summed E-state index contributed by atoms with van der Waals surface area (Å²) < 4.78 is 1.55. The molecule has 2 aromatic heterocycles. The first kappa shape index (κ1) is 15.3. The Balaban J connectivity index is 1.63. The number of amides is 1. The quantitative estimate of drug-likeness (QED) is 0.591. The fourth-order valence-electron chi connectivity index (χ4n) is 2.63. The number of aromatic nitrogens is 5. The summed E-state index contributed by atoms with van der Waals surface area (Å²) in [6.45, 7) is 1.95. The van der Waals surface area contributed by atoms with Crippen LogP contribution in [0.2, 0.25) is 5.02 Å². The largest absolute Gasteiger partial charge is 0.351 e. The number of fused-ring (bicyclic) bond motifs is 1. The van der Waals surface area contributed by atoms with Crippen molar-refractivity contribution in [2.75, 3.05) is 5.32 Å². The number of carbonyl (C=O) groups excluding carboxylic acids is 1. The maximum absolute atomic E-state index is 12.5. The Hall–Kier alpha value is -3.19. The Kier molecular flexibility index (Phi) is 3.70. The van der Waals surface area contributed by atoms with Gasteiger partial charge in [-0.25, -0.2) is 4.68 Å². The summed E-state index contributed by atoms with van der Waals surface area (Å²) in [5.74, 6) is -0.237. The van der Waals surface area contributed by atoms with Crippen molar-refractivity contribution in [3.05, 3.63) is 65.1 Å². The van der Waals surface area contributed by atoms with Crippen molar-refractivity contribution in [3.63, 3.8) is 0 Å². The lowest BCUT2D eigenvalue weighted by Crippen LogP contribution is -2.12. The van der Waals surface area contributed by atoms with Gasteiger partial charge in [0.05, 0.1) is 5.69 Å². The number of H-pyrrole nitrogens is 1. The molecule has 0 atom stereocenters. The van der Waals surface area contributed by atoms with Gasteiger partial charge in [0.15, 0.2) is 0 Å². The standard InChI is InChI=1S/C17H13ClN6O/c1-10-2-4-13(8-16(10)24-9-19-22-23-24)20-17(25)15-7-11-6-12(18)3-5-14(11)21-15/h2-9,21H,1H3,(H,20,25). The van der Waals surface area contributed by atoms with Gasteiger partial charge < -0.3 is 10.3 Å². The number of nitrogens with one attached hydrogen (secondary N) is 2. The van der Waals surface area contributed by atoms with Gasteiger partial charge in [-0.3, -0.25) is 4.79 Å². The van der Waals surface area contributed by atoms with Crippen LogP contribution in [-0.4, -0.2) is 31.1 Å². The molecule has 0 aliphatic carbocycles. The van der Waals surface area contributed by atoms with Gasteiger partial charge in [-0.05, 0) is 59.3 Å². The first-order chi connectivity index (χ1) is 12.1. The summed E-state index contributed by atoms with van der Waals surface area (Å²) in [5.41, 5.74) is 3.75. The number of rotatable bonds is 3. The average molecular weight is 353 g/mol. The lowest BCUT2D eigenvalue weighted by atomic mass is 10.2. The van der Waals surface area contributed by atoms with E-state index in [9.17, 15) is 4.79 Å². The minimum Gasteiger partial charge on any atom is -0.351 e. The number of anilines is 1. The fraction of sp³-hybridized carbons (Fsp3) is 0.0588. The minimum atomic E-state index is -0.237. The second-order valence-corrected chi connectivity index (χ2v) is 6.06. The third-order valence-corrected chi connectivity index (χ3v) is 4.13. The van der Waals surface area contributed by atoms with Crippen molar-refractivity contribution in [1.29, 1.82) is 0 Å². The highest BCUT2D eigenvalue weighted by molar-refractivity contribution is 6.31. The third kappa shape index (κ3) is 2.97. The first-order valence-electron chi connectivity index (χ1n) is 7.54. The second kappa shape index (κ2) is 6.03. The van der Waals surface area contributed by atoms with Crippen LogP contribution in [0.15, 0.2) is 48.8 Å². The van der Waals surface area contributed by atoms with Gasteiger partial charge in [-0.2, -0.15) is 0 Å². The number of hydrogen-bond acceptors (Lipinski definition) is 4. The molecule has 0 fully saturated rings. The Morgan fingerprint density at radius 2 is 2.08 bits per heavy atom. The van der Waals surface area contributed by atoms with Crippen molar-refractivity contribution in [1.82, 2.24) is 25.2 Å².